The third-order valence-corrected chi connectivity index (χ3v) is 3.81. The molecule has 1 aliphatic rings. The summed E-state index contributed by atoms with van der Waals surface area (Å²) in [6.45, 7) is 7.49. The van der Waals surface area contributed by atoms with Crippen LogP contribution in [0.4, 0.5) is 0 Å². The largest absolute Gasteiger partial charge is 0.378 e. The van der Waals surface area contributed by atoms with Gasteiger partial charge in [0.1, 0.15) is 0 Å². The van der Waals surface area contributed by atoms with Gasteiger partial charge in [-0.1, -0.05) is 20.8 Å². The van der Waals surface area contributed by atoms with E-state index in [0.29, 0.717) is 23.3 Å². The summed E-state index contributed by atoms with van der Waals surface area (Å²) in [5.41, 5.74) is 0. The van der Waals surface area contributed by atoms with Gasteiger partial charge in [0.2, 0.25) is 0 Å². The molecule has 1 nitrogen and oxygen atoms in total. The van der Waals surface area contributed by atoms with Crippen molar-refractivity contribution in [1.82, 2.24) is 0 Å². The van der Waals surface area contributed by atoms with Crippen molar-refractivity contribution in [2.75, 3.05) is 6.61 Å². The molecule has 0 aromatic rings. The topological polar surface area (TPSA) is 9.23 Å². The maximum absolute atomic E-state index is 6.36. The summed E-state index contributed by atoms with van der Waals surface area (Å²) in [5, 5.41) is 0.331. The molecule has 13 heavy (non-hydrogen) atoms. The van der Waals surface area contributed by atoms with Crippen molar-refractivity contribution < 1.29 is 4.74 Å². The Kier molecular flexibility index (Phi) is 4.54. The van der Waals surface area contributed by atoms with Crippen LogP contribution in [0.1, 0.15) is 40.0 Å². The molecule has 0 amide bonds. The van der Waals surface area contributed by atoms with E-state index in [-0.39, 0.29) is 0 Å². The van der Waals surface area contributed by atoms with Gasteiger partial charge >= 0.3 is 0 Å². The molecule has 0 aromatic heterocycles. The van der Waals surface area contributed by atoms with Gasteiger partial charge in [0.15, 0.2) is 0 Å². The first kappa shape index (κ1) is 11.3. The normalized spacial score (nSPS) is 32.1. The third-order valence-electron chi connectivity index (χ3n) is 2.95. The molecule has 3 atom stereocenters. The summed E-state index contributed by atoms with van der Waals surface area (Å²) in [4.78, 5) is 0. The standard InChI is InChI=1S/C11H21ClO/c1-4-10-7-9(5-6-13-10)11(12)8(2)3/h8-11H,4-7H2,1-3H3. The van der Waals surface area contributed by atoms with Gasteiger partial charge < -0.3 is 4.74 Å². The quantitative estimate of drug-likeness (QED) is 0.640. The molecular weight excluding hydrogens is 184 g/mol. The first-order chi connectivity index (χ1) is 6.15. The molecule has 0 saturated carbocycles. The van der Waals surface area contributed by atoms with Crippen molar-refractivity contribution in [2.45, 2.75) is 51.5 Å². The van der Waals surface area contributed by atoms with Crippen LogP contribution in [0.5, 0.6) is 0 Å². The highest BCUT2D eigenvalue weighted by Gasteiger charge is 2.28. The highest BCUT2D eigenvalue weighted by Crippen LogP contribution is 2.31. The van der Waals surface area contributed by atoms with Crippen molar-refractivity contribution in [3.8, 4) is 0 Å². The second kappa shape index (κ2) is 5.21. The molecule has 0 N–H and O–H groups in total. The molecule has 2 heteroatoms. The van der Waals surface area contributed by atoms with E-state index in [4.69, 9.17) is 16.3 Å². The predicted molar refractivity (Wildman–Crippen MR) is 57.2 cm³/mol. The summed E-state index contributed by atoms with van der Waals surface area (Å²) in [6, 6.07) is 0. The Morgan fingerprint density at radius 2 is 2.15 bits per heavy atom. The number of rotatable bonds is 3. The number of alkyl halides is 1. The Balaban J connectivity index is 2.41. The van der Waals surface area contributed by atoms with E-state index in [1.165, 1.54) is 0 Å². The lowest BCUT2D eigenvalue weighted by Crippen LogP contribution is -2.32. The Morgan fingerprint density at radius 3 is 2.69 bits per heavy atom. The molecular formula is C11H21ClO. The Labute approximate surface area is 86.8 Å². The average molecular weight is 205 g/mol. The smallest absolute Gasteiger partial charge is 0.0575 e. The maximum Gasteiger partial charge on any atom is 0.0575 e. The minimum Gasteiger partial charge on any atom is -0.378 e. The van der Waals surface area contributed by atoms with E-state index in [9.17, 15) is 0 Å². The van der Waals surface area contributed by atoms with Crippen LogP contribution in [0.2, 0.25) is 0 Å². The lowest BCUT2D eigenvalue weighted by Gasteiger charge is -2.33. The van der Waals surface area contributed by atoms with Gasteiger partial charge in [-0.2, -0.15) is 0 Å². The van der Waals surface area contributed by atoms with E-state index >= 15 is 0 Å². The number of hydrogen-bond acceptors (Lipinski definition) is 1. The van der Waals surface area contributed by atoms with Crippen molar-refractivity contribution in [3.05, 3.63) is 0 Å². The molecule has 0 bridgehead atoms. The molecule has 0 aromatic carbocycles. The van der Waals surface area contributed by atoms with Gasteiger partial charge in [0.25, 0.3) is 0 Å². The molecule has 1 rings (SSSR count). The first-order valence-electron chi connectivity index (χ1n) is 5.40. The van der Waals surface area contributed by atoms with Gasteiger partial charge in [-0.15, -0.1) is 11.6 Å². The summed E-state index contributed by atoms with van der Waals surface area (Å²) in [6.07, 6.45) is 3.88. The number of ether oxygens (including phenoxy) is 1. The maximum atomic E-state index is 6.36. The highest BCUT2D eigenvalue weighted by molar-refractivity contribution is 6.20. The van der Waals surface area contributed by atoms with Crippen LogP contribution in [0, 0.1) is 11.8 Å². The van der Waals surface area contributed by atoms with E-state index in [2.05, 4.69) is 20.8 Å². The van der Waals surface area contributed by atoms with Gasteiger partial charge in [0.05, 0.1) is 6.10 Å². The monoisotopic (exact) mass is 204 g/mol. The highest BCUT2D eigenvalue weighted by atomic mass is 35.5. The lowest BCUT2D eigenvalue weighted by atomic mass is 9.87. The van der Waals surface area contributed by atoms with Crippen LogP contribution in [-0.2, 0) is 4.74 Å². The molecule has 1 heterocycles. The van der Waals surface area contributed by atoms with E-state index in [0.717, 1.165) is 25.9 Å². The fourth-order valence-electron chi connectivity index (χ4n) is 2.03. The summed E-state index contributed by atoms with van der Waals surface area (Å²) < 4.78 is 5.63. The van der Waals surface area contributed by atoms with Gasteiger partial charge in [-0.3, -0.25) is 0 Å². The van der Waals surface area contributed by atoms with Crippen LogP contribution < -0.4 is 0 Å². The zero-order chi connectivity index (χ0) is 9.84. The van der Waals surface area contributed by atoms with Gasteiger partial charge in [-0.25, -0.2) is 0 Å². The molecule has 3 unspecified atom stereocenters. The van der Waals surface area contributed by atoms with Crippen molar-refractivity contribution >= 4 is 11.6 Å². The Morgan fingerprint density at radius 1 is 1.46 bits per heavy atom. The van der Waals surface area contributed by atoms with Crippen molar-refractivity contribution in [1.29, 1.82) is 0 Å². The zero-order valence-electron chi connectivity index (χ0n) is 8.92. The van der Waals surface area contributed by atoms with Crippen LogP contribution in [0.15, 0.2) is 0 Å². The van der Waals surface area contributed by atoms with Gasteiger partial charge in [0, 0.05) is 12.0 Å². The summed E-state index contributed by atoms with van der Waals surface area (Å²) in [5.74, 6) is 1.25. The fourth-order valence-corrected chi connectivity index (χ4v) is 2.26. The van der Waals surface area contributed by atoms with Crippen LogP contribution in [0.25, 0.3) is 0 Å². The zero-order valence-corrected chi connectivity index (χ0v) is 9.68. The molecule has 0 aliphatic carbocycles. The summed E-state index contributed by atoms with van der Waals surface area (Å²) >= 11 is 6.36. The number of halogens is 1. The SMILES string of the molecule is CCC1CC(C(Cl)C(C)C)CCO1. The van der Waals surface area contributed by atoms with E-state index in [1.807, 2.05) is 0 Å². The number of hydrogen-bond donors (Lipinski definition) is 0. The molecule has 1 fully saturated rings. The fraction of sp³-hybridized carbons (Fsp3) is 1.00. The lowest BCUT2D eigenvalue weighted by molar-refractivity contribution is -0.0133. The first-order valence-corrected chi connectivity index (χ1v) is 5.84. The van der Waals surface area contributed by atoms with E-state index < -0.39 is 0 Å². The summed E-state index contributed by atoms with van der Waals surface area (Å²) in [7, 11) is 0. The minimum atomic E-state index is 0.331. The molecule has 0 radical (unpaired) electrons. The minimum absolute atomic E-state index is 0.331. The predicted octanol–water partition coefficient (Wildman–Crippen LogP) is 3.46. The molecule has 1 aliphatic heterocycles. The molecule has 0 spiro atoms. The second-order valence-corrected chi connectivity index (χ2v) is 4.88. The van der Waals surface area contributed by atoms with Crippen LogP contribution in [0.3, 0.4) is 0 Å². The van der Waals surface area contributed by atoms with Gasteiger partial charge in [-0.05, 0) is 31.1 Å². The van der Waals surface area contributed by atoms with E-state index in [1.54, 1.807) is 0 Å². The van der Waals surface area contributed by atoms with Crippen LogP contribution in [-0.4, -0.2) is 18.1 Å². The molecule has 1 saturated heterocycles. The van der Waals surface area contributed by atoms with Crippen molar-refractivity contribution in [3.63, 3.8) is 0 Å². The Hall–Kier alpha value is 0.250. The second-order valence-electron chi connectivity index (χ2n) is 4.37. The average Bonchev–Trinajstić information content (AvgIpc) is 2.16. The molecule has 78 valence electrons. The van der Waals surface area contributed by atoms with Crippen LogP contribution >= 0.6 is 11.6 Å². The third kappa shape index (κ3) is 3.14. The Bertz CT molecular complexity index is 147. The van der Waals surface area contributed by atoms with Crippen molar-refractivity contribution in [2.24, 2.45) is 11.8 Å².